The van der Waals surface area contributed by atoms with Gasteiger partial charge in [0.05, 0.1) is 24.3 Å². The number of hydrogen-bond donors (Lipinski definition) is 1. The van der Waals surface area contributed by atoms with Crippen LogP contribution in [0.15, 0.2) is 30.7 Å². The van der Waals surface area contributed by atoms with Gasteiger partial charge in [-0.3, -0.25) is 0 Å². The number of aromatic nitrogens is 2. The lowest BCUT2D eigenvalue weighted by atomic mass is 9.99. The third-order valence-corrected chi connectivity index (χ3v) is 3.90. The molecule has 1 aromatic heterocycles. The van der Waals surface area contributed by atoms with Crippen molar-refractivity contribution in [3.05, 3.63) is 53.1 Å². The molecule has 2 aromatic rings. The van der Waals surface area contributed by atoms with E-state index in [9.17, 15) is 5.11 Å². The van der Waals surface area contributed by atoms with Gasteiger partial charge in [0.2, 0.25) is 0 Å². The maximum atomic E-state index is 10.5. The summed E-state index contributed by atoms with van der Waals surface area (Å²) in [6.07, 6.45) is 6.25. The third-order valence-electron chi connectivity index (χ3n) is 3.90. The maximum absolute atomic E-state index is 10.5. The fourth-order valence-corrected chi connectivity index (χ4v) is 2.56. The average molecular weight is 256 g/mol. The number of aliphatic hydroxyl groups excluding tert-OH is 1. The van der Waals surface area contributed by atoms with Gasteiger partial charge in [-0.15, -0.1) is 0 Å². The van der Waals surface area contributed by atoms with E-state index in [0.717, 1.165) is 5.69 Å². The molecule has 3 nitrogen and oxygen atoms in total. The smallest absolute Gasteiger partial charge is 0.0996 e. The van der Waals surface area contributed by atoms with Crippen LogP contribution in [0.3, 0.4) is 0 Å². The molecule has 1 fully saturated rings. The topological polar surface area (TPSA) is 38.1 Å². The first-order valence-corrected chi connectivity index (χ1v) is 6.91. The summed E-state index contributed by atoms with van der Waals surface area (Å²) in [5, 5.41) is 10.5. The molecule has 1 aliphatic carbocycles. The molecule has 0 spiro atoms. The van der Waals surface area contributed by atoms with Gasteiger partial charge in [0.15, 0.2) is 0 Å². The minimum absolute atomic E-state index is 0.469. The molecule has 0 radical (unpaired) electrons. The predicted octanol–water partition coefficient (Wildman–Crippen LogP) is 3.11. The Morgan fingerprint density at radius 3 is 2.89 bits per heavy atom. The molecule has 1 unspecified atom stereocenters. The van der Waals surface area contributed by atoms with Crippen LogP contribution in [0.25, 0.3) is 0 Å². The summed E-state index contributed by atoms with van der Waals surface area (Å²) < 4.78 is 2.13. The summed E-state index contributed by atoms with van der Waals surface area (Å²) in [6.45, 7) is 4.18. The Hall–Kier alpha value is -1.61. The summed E-state index contributed by atoms with van der Waals surface area (Å²) >= 11 is 0. The van der Waals surface area contributed by atoms with E-state index in [1.54, 1.807) is 6.20 Å². The van der Waals surface area contributed by atoms with E-state index in [0.29, 0.717) is 12.5 Å². The minimum Gasteiger partial charge on any atom is -0.386 e. The number of imidazole rings is 1. The zero-order valence-corrected chi connectivity index (χ0v) is 11.5. The maximum Gasteiger partial charge on any atom is 0.0996 e. The van der Waals surface area contributed by atoms with Crippen LogP contribution in [0.4, 0.5) is 0 Å². The van der Waals surface area contributed by atoms with Crippen molar-refractivity contribution in [3.63, 3.8) is 0 Å². The SMILES string of the molecule is Cc1ccc(C)c(CC(O)c2cncn2C2CC2)c1. The molecule has 0 saturated heterocycles. The van der Waals surface area contributed by atoms with Crippen LogP contribution in [-0.4, -0.2) is 14.7 Å². The number of hydrogen-bond acceptors (Lipinski definition) is 2. The van der Waals surface area contributed by atoms with E-state index < -0.39 is 6.10 Å². The highest BCUT2D eigenvalue weighted by atomic mass is 16.3. The first-order chi connectivity index (χ1) is 9.15. The van der Waals surface area contributed by atoms with Crippen LogP contribution in [0.1, 0.15) is 47.4 Å². The quantitative estimate of drug-likeness (QED) is 0.912. The van der Waals surface area contributed by atoms with Crippen LogP contribution in [0.2, 0.25) is 0 Å². The summed E-state index contributed by atoms with van der Waals surface area (Å²) in [6, 6.07) is 6.96. The second-order valence-corrected chi connectivity index (χ2v) is 5.61. The lowest BCUT2D eigenvalue weighted by Gasteiger charge is -2.15. The van der Waals surface area contributed by atoms with Crippen molar-refractivity contribution in [1.82, 2.24) is 9.55 Å². The Balaban J connectivity index is 1.82. The highest BCUT2D eigenvalue weighted by Gasteiger charge is 2.27. The summed E-state index contributed by atoms with van der Waals surface area (Å²) in [5.41, 5.74) is 4.64. The highest BCUT2D eigenvalue weighted by molar-refractivity contribution is 5.31. The number of aryl methyl sites for hydroxylation is 2. The van der Waals surface area contributed by atoms with Crippen molar-refractivity contribution >= 4 is 0 Å². The van der Waals surface area contributed by atoms with Gasteiger partial charge in [-0.25, -0.2) is 4.98 Å². The molecule has 3 heteroatoms. The molecule has 0 amide bonds. The van der Waals surface area contributed by atoms with Gasteiger partial charge in [-0.05, 0) is 37.8 Å². The van der Waals surface area contributed by atoms with E-state index in [4.69, 9.17) is 0 Å². The van der Waals surface area contributed by atoms with E-state index in [1.807, 2.05) is 6.33 Å². The molecular formula is C16H20N2O. The Kier molecular flexibility index (Phi) is 3.15. The van der Waals surface area contributed by atoms with Crippen molar-refractivity contribution in [2.24, 2.45) is 0 Å². The molecule has 1 aliphatic rings. The monoisotopic (exact) mass is 256 g/mol. The second kappa shape index (κ2) is 4.82. The zero-order valence-electron chi connectivity index (χ0n) is 11.5. The Labute approximate surface area is 113 Å². The normalized spacial score (nSPS) is 16.6. The standard InChI is InChI=1S/C16H20N2O/c1-11-3-4-12(2)13(7-11)8-16(19)15-9-17-10-18(15)14-5-6-14/h3-4,7,9-10,14,16,19H,5-6,8H2,1-2H3. The molecule has 1 heterocycles. The molecule has 19 heavy (non-hydrogen) atoms. The summed E-state index contributed by atoms with van der Waals surface area (Å²) in [4.78, 5) is 4.19. The number of nitrogens with zero attached hydrogens (tertiary/aromatic N) is 2. The zero-order chi connectivity index (χ0) is 13.4. The molecule has 1 aromatic carbocycles. The first-order valence-electron chi connectivity index (χ1n) is 6.91. The molecule has 1 atom stereocenters. The molecule has 1 N–H and O–H groups in total. The first kappa shape index (κ1) is 12.4. The van der Waals surface area contributed by atoms with Gasteiger partial charge in [-0.1, -0.05) is 23.8 Å². The highest BCUT2D eigenvalue weighted by Crippen LogP contribution is 2.37. The predicted molar refractivity (Wildman–Crippen MR) is 75.1 cm³/mol. The Morgan fingerprint density at radius 1 is 1.37 bits per heavy atom. The molecule has 1 saturated carbocycles. The lowest BCUT2D eigenvalue weighted by molar-refractivity contribution is 0.168. The summed E-state index contributed by atoms with van der Waals surface area (Å²) in [7, 11) is 0. The van der Waals surface area contributed by atoms with Gasteiger partial charge < -0.3 is 9.67 Å². The fraction of sp³-hybridized carbons (Fsp3) is 0.438. The molecule has 0 bridgehead atoms. The summed E-state index contributed by atoms with van der Waals surface area (Å²) in [5.74, 6) is 0. The Morgan fingerprint density at radius 2 is 2.16 bits per heavy atom. The van der Waals surface area contributed by atoms with Crippen LogP contribution < -0.4 is 0 Å². The van der Waals surface area contributed by atoms with Crippen molar-refractivity contribution in [1.29, 1.82) is 0 Å². The van der Waals surface area contributed by atoms with E-state index in [2.05, 4.69) is 41.6 Å². The van der Waals surface area contributed by atoms with E-state index in [-0.39, 0.29) is 0 Å². The van der Waals surface area contributed by atoms with Gasteiger partial charge in [0.25, 0.3) is 0 Å². The number of aliphatic hydroxyl groups is 1. The lowest BCUT2D eigenvalue weighted by Crippen LogP contribution is -2.09. The number of rotatable bonds is 4. The second-order valence-electron chi connectivity index (χ2n) is 5.61. The van der Waals surface area contributed by atoms with Crippen LogP contribution in [0.5, 0.6) is 0 Å². The molecule has 0 aliphatic heterocycles. The van der Waals surface area contributed by atoms with Gasteiger partial charge in [0, 0.05) is 12.5 Å². The third kappa shape index (κ3) is 2.56. The van der Waals surface area contributed by atoms with Crippen molar-refractivity contribution in [3.8, 4) is 0 Å². The van der Waals surface area contributed by atoms with Crippen LogP contribution in [0, 0.1) is 13.8 Å². The molecular weight excluding hydrogens is 236 g/mol. The average Bonchev–Trinajstić information content (AvgIpc) is 3.11. The van der Waals surface area contributed by atoms with Gasteiger partial charge >= 0.3 is 0 Å². The molecule has 3 rings (SSSR count). The van der Waals surface area contributed by atoms with Crippen molar-refractivity contribution in [2.45, 2.75) is 45.3 Å². The van der Waals surface area contributed by atoms with Gasteiger partial charge in [0.1, 0.15) is 0 Å². The molecule has 100 valence electrons. The van der Waals surface area contributed by atoms with E-state index in [1.165, 1.54) is 29.5 Å². The van der Waals surface area contributed by atoms with Crippen molar-refractivity contribution in [2.75, 3.05) is 0 Å². The van der Waals surface area contributed by atoms with E-state index >= 15 is 0 Å². The largest absolute Gasteiger partial charge is 0.386 e. The number of benzene rings is 1. The Bertz CT molecular complexity index is 584. The minimum atomic E-state index is -0.469. The van der Waals surface area contributed by atoms with Crippen LogP contribution >= 0.6 is 0 Å². The van der Waals surface area contributed by atoms with Crippen molar-refractivity contribution < 1.29 is 5.11 Å². The fourth-order valence-electron chi connectivity index (χ4n) is 2.56. The van der Waals surface area contributed by atoms with Gasteiger partial charge in [-0.2, -0.15) is 0 Å². The van der Waals surface area contributed by atoms with Crippen LogP contribution in [-0.2, 0) is 6.42 Å².